The van der Waals surface area contributed by atoms with Gasteiger partial charge in [0, 0.05) is 27.2 Å². The van der Waals surface area contributed by atoms with E-state index in [2.05, 4.69) is 34.5 Å². The molecule has 0 atom stereocenters. The first-order valence-electron chi connectivity index (χ1n) is 8.90. The molecule has 0 aliphatic heterocycles. The summed E-state index contributed by atoms with van der Waals surface area (Å²) in [5.41, 5.74) is 2.37. The van der Waals surface area contributed by atoms with Crippen molar-refractivity contribution < 1.29 is 4.74 Å². The van der Waals surface area contributed by atoms with Crippen molar-refractivity contribution in [2.75, 3.05) is 41.3 Å². The maximum atomic E-state index is 5.80. The van der Waals surface area contributed by atoms with Gasteiger partial charge in [-0.3, -0.25) is 0 Å². The van der Waals surface area contributed by atoms with Gasteiger partial charge in [-0.15, -0.1) is 0 Å². The zero-order valence-electron chi connectivity index (χ0n) is 16.3. The fourth-order valence-electron chi connectivity index (χ4n) is 2.38. The van der Waals surface area contributed by atoms with Crippen molar-refractivity contribution in [3.8, 4) is 5.75 Å². The molecule has 2 aromatic carbocycles. The molecule has 0 fully saturated rings. The van der Waals surface area contributed by atoms with Crippen LogP contribution in [0.4, 0.5) is 0 Å². The van der Waals surface area contributed by atoms with Crippen molar-refractivity contribution in [2.45, 2.75) is 13.1 Å². The van der Waals surface area contributed by atoms with Crippen LogP contribution in [0.15, 0.2) is 59.6 Å². The molecular formula is C21H30N4O. The number of hydrogen-bond acceptors (Lipinski definition) is 3. The molecule has 5 heteroatoms. The van der Waals surface area contributed by atoms with Gasteiger partial charge in [0.1, 0.15) is 12.4 Å². The first-order chi connectivity index (χ1) is 12.5. The Morgan fingerprint density at radius 2 is 1.69 bits per heavy atom. The van der Waals surface area contributed by atoms with Crippen LogP contribution < -0.4 is 10.1 Å². The third-order valence-corrected chi connectivity index (χ3v) is 3.83. The summed E-state index contributed by atoms with van der Waals surface area (Å²) in [4.78, 5) is 8.83. The highest BCUT2D eigenvalue weighted by Crippen LogP contribution is 2.14. The van der Waals surface area contributed by atoms with Gasteiger partial charge in [0.25, 0.3) is 0 Å². The largest absolute Gasteiger partial charge is 0.492 e. The van der Waals surface area contributed by atoms with Crippen LogP contribution >= 0.6 is 0 Å². The van der Waals surface area contributed by atoms with Crippen molar-refractivity contribution in [2.24, 2.45) is 4.99 Å². The minimum absolute atomic E-state index is 0.611. The first-order valence-corrected chi connectivity index (χ1v) is 8.90. The highest BCUT2D eigenvalue weighted by molar-refractivity contribution is 5.79. The molecule has 0 spiro atoms. The number of ether oxygens (including phenoxy) is 1. The van der Waals surface area contributed by atoms with Crippen LogP contribution in [0.3, 0.4) is 0 Å². The first kappa shape index (κ1) is 19.8. The molecule has 0 aromatic heterocycles. The average molecular weight is 354 g/mol. The van der Waals surface area contributed by atoms with E-state index in [0.717, 1.165) is 30.4 Å². The van der Waals surface area contributed by atoms with Crippen molar-refractivity contribution in [1.82, 2.24) is 15.1 Å². The molecule has 0 radical (unpaired) electrons. The molecule has 0 heterocycles. The molecule has 5 nitrogen and oxygen atoms in total. The van der Waals surface area contributed by atoms with Gasteiger partial charge in [0.2, 0.25) is 0 Å². The number of aliphatic imine (C=N–C) groups is 1. The van der Waals surface area contributed by atoms with Crippen LogP contribution in [0, 0.1) is 0 Å². The predicted molar refractivity (Wildman–Crippen MR) is 109 cm³/mol. The maximum absolute atomic E-state index is 5.80. The molecule has 1 N–H and O–H groups in total. The second-order valence-electron chi connectivity index (χ2n) is 6.67. The van der Waals surface area contributed by atoms with E-state index < -0.39 is 0 Å². The van der Waals surface area contributed by atoms with Gasteiger partial charge >= 0.3 is 0 Å². The summed E-state index contributed by atoms with van der Waals surface area (Å²) in [7, 11) is 8.08. The number of benzene rings is 2. The molecular weight excluding hydrogens is 324 g/mol. The summed E-state index contributed by atoms with van der Waals surface area (Å²) in [5, 5.41) is 3.41. The van der Waals surface area contributed by atoms with Crippen LogP contribution in [-0.4, -0.2) is 57.1 Å². The van der Waals surface area contributed by atoms with Gasteiger partial charge in [-0.2, -0.15) is 0 Å². The standard InChI is InChI=1S/C21H30N4O/c1-24(2)13-14-26-20-12-8-11-19(15-20)17-23-21(25(3)4)22-16-18-9-6-5-7-10-18/h5-12,15H,13-14,16-17H2,1-4H3,(H,22,23). The summed E-state index contributed by atoms with van der Waals surface area (Å²) >= 11 is 0. The minimum Gasteiger partial charge on any atom is -0.492 e. The number of nitrogens with one attached hydrogen (secondary N) is 1. The fraction of sp³-hybridized carbons (Fsp3) is 0.381. The van der Waals surface area contributed by atoms with E-state index in [9.17, 15) is 0 Å². The quantitative estimate of drug-likeness (QED) is 0.585. The van der Waals surface area contributed by atoms with E-state index in [-0.39, 0.29) is 0 Å². The molecule has 26 heavy (non-hydrogen) atoms. The lowest BCUT2D eigenvalue weighted by Gasteiger charge is -2.18. The van der Waals surface area contributed by atoms with Crippen LogP contribution in [0.2, 0.25) is 0 Å². The highest BCUT2D eigenvalue weighted by atomic mass is 16.5. The Kier molecular flexibility index (Phi) is 7.96. The van der Waals surface area contributed by atoms with Crippen molar-refractivity contribution in [3.63, 3.8) is 0 Å². The van der Waals surface area contributed by atoms with E-state index in [1.165, 1.54) is 5.56 Å². The normalized spacial score (nSPS) is 11.5. The summed E-state index contributed by atoms with van der Waals surface area (Å²) in [5.74, 6) is 1.76. The summed E-state index contributed by atoms with van der Waals surface area (Å²) in [6.45, 7) is 2.95. The number of hydrogen-bond donors (Lipinski definition) is 1. The second kappa shape index (κ2) is 10.5. The Hall–Kier alpha value is -2.53. The molecule has 0 saturated heterocycles. The Balaban J connectivity index is 1.93. The fourth-order valence-corrected chi connectivity index (χ4v) is 2.38. The summed E-state index contributed by atoms with van der Waals surface area (Å²) in [6.07, 6.45) is 0. The third-order valence-electron chi connectivity index (χ3n) is 3.83. The maximum Gasteiger partial charge on any atom is 0.194 e. The van der Waals surface area contributed by atoms with Gasteiger partial charge in [0.05, 0.1) is 6.54 Å². The number of rotatable bonds is 8. The molecule has 2 rings (SSSR count). The smallest absolute Gasteiger partial charge is 0.194 e. The molecule has 140 valence electrons. The number of guanidine groups is 1. The lowest BCUT2D eigenvalue weighted by Crippen LogP contribution is -2.36. The van der Waals surface area contributed by atoms with Crippen molar-refractivity contribution >= 4 is 5.96 Å². The van der Waals surface area contributed by atoms with Crippen LogP contribution in [0.25, 0.3) is 0 Å². The molecule has 0 saturated carbocycles. The Morgan fingerprint density at radius 3 is 2.38 bits per heavy atom. The zero-order chi connectivity index (χ0) is 18.8. The van der Waals surface area contributed by atoms with Crippen LogP contribution in [0.1, 0.15) is 11.1 Å². The molecule has 0 aliphatic carbocycles. The number of likely N-dealkylation sites (N-methyl/N-ethyl adjacent to an activating group) is 1. The lowest BCUT2D eigenvalue weighted by atomic mass is 10.2. The Labute approximate surface area is 157 Å². The highest BCUT2D eigenvalue weighted by Gasteiger charge is 2.03. The second-order valence-corrected chi connectivity index (χ2v) is 6.67. The lowest BCUT2D eigenvalue weighted by molar-refractivity contribution is 0.261. The molecule has 2 aromatic rings. The van der Waals surface area contributed by atoms with Gasteiger partial charge < -0.3 is 19.9 Å². The molecule has 0 bridgehead atoms. The monoisotopic (exact) mass is 354 g/mol. The molecule has 0 aliphatic rings. The van der Waals surface area contributed by atoms with Gasteiger partial charge in [-0.1, -0.05) is 42.5 Å². The summed E-state index contributed by atoms with van der Waals surface area (Å²) < 4.78 is 5.80. The minimum atomic E-state index is 0.611. The van der Waals surface area contributed by atoms with Gasteiger partial charge in [-0.05, 0) is 37.4 Å². The van der Waals surface area contributed by atoms with E-state index in [1.54, 1.807) is 0 Å². The van der Waals surface area contributed by atoms with Gasteiger partial charge in [0.15, 0.2) is 5.96 Å². The van der Waals surface area contributed by atoms with E-state index >= 15 is 0 Å². The van der Waals surface area contributed by atoms with E-state index in [4.69, 9.17) is 9.73 Å². The van der Waals surface area contributed by atoms with Crippen molar-refractivity contribution in [1.29, 1.82) is 0 Å². The SMILES string of the molecule is CN(C)CCOc1cccc(CN=C(NCc2ccccc2)N(C)C)c1. The summed E-state index contributed by atoms with van der Waals surface area (Å²) in [6, 6.07) is 18.5. The zero-order valence-corrected chi connectivity index (χ0v) is 16.3. The van der Waals surface area contributed by atoms with Crippen LogP contribution in [-0.2, 0) is 13.1 Å². The van der Waals surface area contributed by atoms with Gasteiger partial charge in [-0.25, -0.2) is 4.99 Å². The molecule has 0 unspecified atom stereocenters. The molecule has 0 amide bonds. The van der Waals surface area contributed by atoms with E-state index in [1.807, 2.05) is 63.4 Å². The Morgan fingerprint density at radius 1 is 0.962 bits per heavy atom. The Bertz CT molecular complexity index is 683. The third kappa shape index (κ3) is 7.15. The van der Waals surface area contributed by atoms with E-state index in [0.29, 0.717) is 13.2 Å². The van der Waals surface area contributed by atoms with Crippen molar-refractivity contribution in [3.05, 3.63) is 65.7 Å². The number of nitrogens with zero attached hydrogens (tertiary/aromatic N) is 3. The average Bonchev–Trinajstić information content (AvgIpc) is 2.62. The topological polar surface area (TPSA) is 40.1 Å². The van der Waals surface area contributed by atoms with Crippen LogP contribution in [0.5, 0.6) is 5.75 Å². The predicted octanol–water partition coefficient (Wildman–Crippen LogP) is 2.83.